The molecule has 0 aliphatic rings. The molecule has 0 aliphatic carbocycles. The maximum absolute atomic E-state index is 13.1. The van der Waals surface area contributed by atoms with Crippen molar-refractivity contribution in [3.05, 3.63) is 62.4 Å². The van der Waals surface area contributed by atoms with Crippen LogP contribution in [0.25, 0.3) is 0 Å². The van der Waals surface area contributed by atoms with Crippen LogP contribution in [0.3, 0.4) is 0 Å². The Bertz CT molecular complexity index is 750. The highest BCUT2D eigenvalue weighted by Crippen LogP contribution is 2.01. The monoisotopic (exact) mass is 265 g/mol. The molecule has 0 fully saturated rings. The molecule has 0 spiro atoms. The highest BCUT2D eigenvalue weighted by Gasteiger charge is 2.08. The van der Waals surface area contributed by atoms with Crippen molar-refractivity contribution in [3.63, 3.8) is 0 Å². The molecule has 98 valence electrons. The first-order valence-corrected chi connectivity index (χ1v) is 5.16. The Morgan fingerprint density at radius 3 is 2.84 bits per heavy atom. The van der Waals surface area contributed by atoms with E-state index in [0.717, 1.165) is 10.8 Å². The number of pyridine rings is 1. The lowest BCUT2D eigenvalue weighted by atomic mass is 10.3. The molecule has 2 aromatic rings. The van der Waals surface area contributed by atoms with E-state index in [0.29, 0.717) is 0 Å². The van der Waals surface area contributed by atoms with Gasteiger partial charge in [0.15, 0.2) is 0 Å². The summed E-state index contributed by atoms with van der Waals surface area (Å²) in [5.41, 5.74) is -1.83. The van der Waals surface area contributed by atoms with Gasteiger partial charge in [0.2, 0.25) is 5.82 Å². The Labute approximate surface area is 105 Å². The maximum Gasteiger partial charge on any atom is 0.354 e. The van der Waals surface area contributed by atoms with Crippen molar-refractivity contribution in [3.8, 4) is 0 Å². The number of carboxylic acids is 1. The average Bonchev–Trinajstić information content (AvgIpc) is 2.36. The van der Waals surface area contributed by atoms with Gasteiger partial charge in [-0.1, -0.05) is 6.07 Å². The number of rotatable bonds is 3. The van der Waals surface area contributed by atoms with Crippen LogP contribution in [0.2, 0.25) is 0 Å². The highest BCUT2D eigenvalue weighted by atomic mass is 19.1. The van der Waals surface area contributed by atoms with Crippen LogP contribution in [0.5, 0.6) is 0 Å². The molecule has 2 heterocycles. The summed E-state index contributed by atoms with van der Waals surface area (Å²) in [5, 5.41) is 8.77. The molecule has 0 aliphatic heterocycles. The lowest BCUT2D eigenvalue weighted by Crippen LogP contribution is -2.31. The normalized spacial score (nSPS) is 10.4. The van der Waals surface area contributed by atoms with Crippen LogP contribution in [0.15, 0.2) is 34.0 Å². The molecule has 0 radical (unpaired) electrons. The standard InChI is InChI=1S/C11H8FN3O4/c12-7-5-15(11(19)14-9(7)16)4-6-2-1-3-8(13-6)10(17)18/h1-3,5H,4H2,(H,17,18)(H,14,16,19). The van der Waals surface area contributed by atoms with Crippen molar-refractivity contribution in [2.75, 3.05) is 0 Å². The molecule has 0 atom stereocenters. The predicted molar refractivity (Wildman–Crippen MR) is 61.6 cm³/mol. The van der Waals surface area contributed by atoms with E-state index in [1.54, 1.807) is 4.98 Å². The van der Waals surface area contributed by atoms with Gasteiger partial charge in [0.1, 0.15) is 5.69 Å². The topological polar surface area (TPSA) is 105 Å². The molecule has 2 aromatic heterocycles. The van der Waals surface area contributed by atoms with Crippen LogP contribution in [0.1, 0.15) is 16.2 Å². The molecular weight excluding hydrogens is 257 g/mol. The van der Waals surface area contributed by atoms with Crippen molar-refractivity contribution >= 4 is 5.97 Å². The Morgan fingerprint density at radius 2 is 2.16 bits per heavy atom. The van der Waals surface area contributed by atoms with Gasteiger partial charge in [0.05, 0.1) is 18.4 Å². The number of nitrogens with one attached hydrogen (secondary N) is 1. The van der Waals surface area contributed by atoms with E-state index in [1.807, 2.05) is 0 Å². The molecule has 0 unspecified atom stereocenters. The third kappa shape index (κ3) is 2.73. The molecule has 2 rings (SSSR count). The van der Waals surface area contributed by atoms with Gasteiger partial charge in [-0.3, -0.25) is 14.3 Å². The lowest BCUT2D eigenvalue weighted by Gasteiger charge is -2.05. The zero-order chi connectivity index (χ0) is 14.0. The molecule has 0 amide bonds. The van der Waals surface area contributed by atoms with E-state index < -0.39 is 23.0 Å². The van der Waals surface area contributed by atoms with Gasteiger partial charge in [-0.25, -0.2) is 14.6 Å². The van der Waals surface area contributed by atoms with E-state index in [-0.39, 0.29) is 17.9 Å². The van der Waals surface area contributed by atoms with E-state index in [2.05, 4.69) is 4.98 Å². The van der Waals surface area contributed by atoms with E-state index in [1.165, 1.54) is 18.2 Å². The summed E-state index contributed by atoms with van der Waals surface area (Å²) in [4.78, 5) is 38.6. The second kappa shape index (κ2) is 4.84. The summed E-state index contributed by atoms with van der Waals surface area (Å²) in [6.07, 6.45) is 0.746. The SMILES string of the molecule is O=C(O)c1cccc(Cn2cc(F)c(=O)[nH]c2=O)n1. The van der Waals surface area contributed by atoms with Gasteiger partial charge in [0.25, 0.3) is 5.56 Å². The summed E-state index contributed by atoms with van der Waals surface area (Å²) in [5.74, 6) is -2.31. The van der Waals surface area contributed by atoms with E-state index in [4.69, 9.17) is 5.11 Å². The number of hydrogen-bond donors (Lipinski definition) is 2. The molecule has 0 saturated heterocycles. The first-order valence-electron chi connectivity index (χ1n) is 5.16. The summed E-state index contributed by atoms with van der Waals surface area (Å²) in [7, 11) is 0. The Kier molecular flexibility index (Phi) is 3.23. The first-order chi connectivity index (χ1) is 8.97. The summed E-state index contributed by atoms with van der Waals surface area (Å²) in [6.45, 7) is -0.145. The molecule has 0 bridgehead atoms. The summed E-state index contributed by atoms with van der Waals surface area (Å²) in [6, 6.07) is 4.24. The van der Waals surface area contributed by atoms with Crippen molar-refractivity contribution in [2.24, 2.45) is 0 Å². The average molecular weight is 265 g/mol. The summed E-state index contributed by atoms with van der Waals surface area (Å²) < 4.78 is 13.9. The number of carbonyl (C=O) groups is 1. The van der Waals surface area contributed by atoms with Gasteiger partial charge in [-0.2, -0.15) is 4.39 Å². The van der Waals surface area contributed by atoms with Crippen LogP contribution in [-0.4, -0.2) is 25.6 Å². The Morgan fingerprint density at radius 1 is 1.42 bits per heavy atom. The molecule has 7 nitrogen and oxygen atoms in total. The molecule has 0 saturated carbocycles. The van der Waals surface area contributed by atoms with Crippen LogP contribution in [0, 0.1) is 5.82 Å². The number of aromatic carboxylic acids is 1. The summed E-state index contributed by atoms with van der Waals surface area (Å²) >= 11 is 0. The van der Waals surface area contributed by atoms with Crippen LogP contribution < -0.4 is 11.2 Å². The van der Waals surface area contributed by atoms with Gasteiger partial charge >= 0.3 is 11.7 Å². The second-order valence-electron chi connectivity index (χ2n) is 3.68. The minimum Gasteiger partial charge on any atom is -0.477 e. The first kappa shape index (κ1) is 12.7. The number of carboxylic acid groups (broad SMARTS) is 1. The highest BCUT2D eigenvalue weighted by molar-refractivity contribution is 5.85. The maximum atomic E-state index is 13.1. The number of aromatic nitrogens is 3. The number of hydrogen-bond acceptors (Lipinski definition) is 4. The van der Waals surface area contributed by atoms with Crippen LogP contribution in [0.4, 0.5) is 4.39 Å². The molecule has 0 aromatic carbocycles. The molecule has 19 heavy (non-hydrogen) atoms. The van der Waals surface area contributed by atoms with E-state index in [9.17, 15) is 18.8 Å². The zero-order valence-electron chi connectivity index (χ0n) is 9.46. The Balaban J connectivity index is 2.39. The fourth-order valence-electron chi connectivity index (χ4n) is 1.46. The van der Waals surface area contributed by atoms with Gasteiger partial charge in [-0.05, 0) is 12.1 Å². The number of nitrogens with zero attached hydrogens (tertiary/aromatic N) is 2. The van der Waals surface area contributed by atoms with Gasteiger partial charge in [-0.15, -0.1) is 0 Å². The smallest absolute Gasteiger partial charge is 0.354 e. The fraction of sp³-hybridized carbons (Fsp3) is 0.0909. The third-order valence-electron chi connectivity index (χ3n) is 2.33. The minimum absolute atomic E-state index is 0.145. The quantitative estimate of drug-likeness (QED) is 0.800. The lowest BCUT2D eigenvalue weighted by molar-refractivity contribution is 0.0690. The largest absolute Gasteiger partial charge is 0.477 e. The Hall–Kier alpha value is -2.77. The van der Waals surface area contributed by atoms with Gasteiger partial charge < -0.3 is 5.11 Å². The predicted octanol–water partition coefficient (Wildman–Crippen LogP) is -0.183. The molecular formula is C11H8FN3O4. The number of halogens is 1. The van der Waals surface area contributed by atoms with Crippen LogP contribution >= 0.6 is 0 Å². The zero-order valence-corrected chi connectivity index (χ0v) is 9.46. The second-order valence-corrected chi connectivity index (χ2v) is 3.68. The fourth-order valence-corrected chi connectivity index (χ4v) is 1.46. The van der Waals surface area contributed by atoms with Crippen molar-refractivity contribution in [1.82, 2.24) is 14.5 Å². The van der Waals surface area contributed by atoms with Crippen molar-refractivity contribution < 1.29 is 14.3 Å². The van der Waals surface area contributed by atoms with Crippen molar-refractivity contribution in [1.29, 1.82) is 0 Å². The minimum atomic E-state index is -1.21. The van der Waals surface area contributed by atoms with Gasteiger partial charge in [0, 0.05) is 0 Å². The number of H-pyrrole nitrogens is 1. The molecule has 8 heteroatoms. The van der Waals surface area contributed by atoms with E-state index >= 15 is 0 Å². The third-order valence-corrected chi connectivity index (χ3v) is 2.33. The number of aromatic amines is 1. The molecule has 2 N–H and O–H groups in total. The van der Waals surface area contributed by atoms with Crippen LogP contribution in [-0.2, 0) is 6.54 Å². The van der Waals surface area contributed by atoms with Crippen molar-refractivity contribution in [2.45, 2.75) is 6.54 Å².